The van der Waals surface area contributed by atoms with E-state index >= 15 is 0 Å². The summed E-state index contributed by atoms with van der Waals surface area (Å²) in [6, 6.07) is 1.83. The fourth-order valence-electron chi connectivity index (χ4n) is 3.72. The summed E-state index contributed by atoms with van der Waals surface area (Å²) < 4.78 is 0. The van der Waals surface area contributed by atoms with Crippen LogP contribution in [0.25, 0.3) is 0 Å². The Morgan fingerprint density at radius 2 is 1.93 bits per heavy atom. The molecule has 14 heavy (non-hydrogen) atoms. The second-order valence-electron chi connectivity index (χ2n) is 5.49. The zero-order chi connectivity index (χ0) is 10.1. The topological polar surface area (TPSA) is 3.24 Å². The Kier molecular flexibility index (Phi) is 3.16. The molecule has 0 aromatic heterocycles. The van der Waals surface area contributed by atoms with Crippen LogP contribution < -0.4 is 0 Å². The van der Waals surface area contributed by atoms with Crippen LogP contribution in [-0.2, 0) is 0 Å². The molecule has 0 N–H and O–H groups in total. The van der Waals surface area contributed by atoms with Gasteiger partial charge in [0.25, 0.3) is 0 Å². The Labute approximate surface area is 88.9 Å². The van der Waals surface area contributed by atoms with Gasteiger partial charge in [0.2, 0.25) is 0 Å². The van der Waals surface area contributed by atoms with Crippen LogP contribution in [-0.4, -0.2) is 23.5 Å². The second kappa shape index (κ2) is 4.22. The van der Waals surface area contributed by atoms with E-state index in [9.17, 15) is 0 Å². The zero-order valence-electron chi connectivity index (χ0n) is 10.00. The molecular weight excluding hydrogens is 170 g/mol. The van der Waals surface area contributed by atoms with Gasteiger partial charge in [0.1, 0.15) is 0 Å². The molecule has 2 fully saturated rings. The minimum atomic E-state index is 0.848. The van der Waals surface area contributed by atoms with Crippen LogP contribution in [0, 0.1) is 11.8 Å². The Morgan fingerprint density at radius 3 is 2.57 bits per heavy atom. The minimum Gasteiger partial charge on any atom is -0.297 e. The summed E-state index contributed by atoms with van der Waals surface area (Å²) >= 11 is 0. The number of fused-ring (bicyclic) bond motifs is 1. The van der Waals surface area contributed by atoms with Crippen molar-refractivity contribution in [3.63, 3.8) is 0 Å². The molecule has 82 valence electrons. The lowest BCUT2D eigenvalue weighted by atomic mass is 9.84. The van der Waals surface area contributed by atoms with Gasteiger partial charge in [-0.25, -0.2) is 0 Å². The van der Waals surface area contributed by atoms with Crippen LogP contribution in [0.2, 0.25) is 0 Å². The summed E-state index contributed by atoms with van der Waals surface area (Å²) in [6.07, 6.45) is 7.42. The molecule has 1 nitrogen and oxygen atoms in total. The molecule has 2 aliphatic rings. The molecule has 0 spiro atoms. The molecule has 0 radical (unpaired) electrons. The summed E-state index contributed by atoms with van der Waals surface area (Å²) in [5.74, 6) is 1.89. The van der Waals surface area contributed by atoms with Crippen LogP contribution in [0.3, 0.4) is 0 Å². The molecule has 1 saturated heterocycles. The maximum atomic E-state index is 2.80. The SMILES string of the molecule is CCN1C(C(C)C)CC2CCCCC21. The first-order valence-electron chi connectivity index (χ1n) is 6.49. The first-order valence-corrected chi connectivity index (χ1v) is 6.49. The van der Waals surface area contributed by atoms with Crippen molar-refractivity contribution in [2.75, 3.05) is 6.54 Å². The summed E-state index contributed by atoms with van der Waals surface area (Å²) in [4.78, 5) is 2.80. The molecule has 3 unspecified atom stereocenters. The van der Waals surface area contributed by atoms with Gasteiger partial charge in [-0.05, 0) is 37.6 Å². The number of hydrogen-bond acceptors (Lipinski definition) is 1. The van der Waals surface area contributed by atoms with Gasteiger partial charge >= 0.3 is 0 Å². The van der Waals surface area contributed by atoms with Crippen molar-refractivity contribution in [1.29, 1.82) is 0 Å². The molecule has 1 aliphatic heterocycles. The predicted octanol–water partition coefficient (Wildman–Crippen LogP) is 3.30. The third-order valence-electron chi connectivity index (χ3n) is 4.40. The number of rotatable bonds is 2. The lowest BCUT2D eigenvalue weighted by molar-refractivity contribution is 0.137. The third-order valence-corrected chi connectivity index (χ3v) is 4.40. The van der Waals surface area contributed by atoms with E-state index < -0.39 is 0 Å². The summed E-state index contributed by atoms with van der Waals surface area (Å²) in [6.45, 7) is 8.39. The Morgan fingerprint density at radius 1 is 1.21 bits per heavy atom. The Hall–Kier alpha value is -0.0400. The molecule has 0 aromatic carbocycles. The highest BCUT2D eigenvalue weighted by Crippen LogP contribution is 2.41. The fraction of sp³-hybridized carbons (Fsp3) is 1.00. The van der Waals surface area contributed by atoms with Gasteiger partial charge in [-0.3, -0.25) is 4.90 Å². The van der Waals surface area contributed by atoms with Gasteiger partial charge < -0.3 is 0 Å². The van der Waals surface area contributed by atoms with Crippen molar-refractivity contribution in [3.05, 3.63) is 0 Å². The van der Waals surface area contributed by atoms with E-state index in [0.29, 0.717) is 0 Å². The van der Waals surface area contributed by atoms with E-state index in [2.05, 4.69) is 25.7 Å². The lowest BCUT2D eigenvalue weighted by Crippen LogP contribution is -2.40. The highest BCUT2D eigenvalue weighted by Gasteiger charge is 2.41. The van der Waals surface area contributed by atoms with Gasteiger partial charge in [-0.2, -0.15) is 0 Å². The van der Waals surface area contributed by atoms with E-state index in [0.717, 1.165) is 23.9 Å². The van der Waals surface area contributed by atoms with Crippen LogP contribution >= 0.6 is 0 Å². The minimum absolute atomic E-state index is 0.848. The van der Waals surface area contributed by atoms with Crippen molar-refractivity contribution in [1.82, 2.24) is 4.90 Å². The average Bonchev–Trinajstić information content (AvgIpc) is 2.56. The normalized spacial score (nSPS) is 39.0. The number of nitrogens with zero attached hydrogens (tertiary/aromatic N) is 1. The molecule has 0 amide bonds. The van der Waals surface area contributed by atoms with Crippen molar-refractivity contribution in [2.24, 2.45) is 11.8 Å². The van der Waals surface area contributed by atoms with E-state index in [1.165, 1.54) is 38.6 Å². The maximum Gasteiger partial charge on any atom is 0.0127 e. The molecule has 1 heteroatoms. The standard InChI is InChI=1S/C13H25N/c1-4-14-12-8-6-5-7-11(12)9-13(14)10(2)3/h10-13H,4-9H2,1-3H3. The van der Waals surface area contributed by atoms with Crippen molar-refractivity contribution >= 4 is 0 Å². The van der Waals surface area contributed by atoms with E-state index in [1.54, 1.807) is 0 Å². The Bertz CT molecular complexity index is 186. The van der Waals surface area contributed by atoms with Gasteiger partial charge in [0, 0.05) is 12.1 Å². The summed E-state index contributed by atoms with van der Waals surface area (Å²) in [5, 5.41) is 0. The number of hydrogen-bond donors (Lipinski definition) is 0. The summed E-state index contributed by atoms with van der Waals surface area (Å²) in [7, 11) is 0. The monoisotopic (exact) mass is 195 g/mol. The molecule has 0 bridgehead atoms. The van der Waals surface area contributed by atoms with Crippen LogP contribution in [0.4, 0.5) is 0 Å². The first kappa shape index (κ1) is 10.5. The highest BCUT2D eigenvalue weighted by molar-refractivity contribution is 4.96. The zero-order valence-corrected chi connectivity index (χ0v) is 10.00. The molecular formula is C13H25N. The van der Waals surface area contributed by atoms with Crippen molar-refractivity contribution in [3.8, 4) is 0 Å². The maximum absolute atomic E-state index is 2.80. The smallest absolute Gasteiger partial charge is 0.0127 e. The van der Waals surface area contributed by atoms with Gasteiger partial charge in [-0.1, -0.05) is 33.6 Å². The van der Waals surface area contributed by atoms with E-state index in [-0.39, 0.29) is 0 Å². The lowest BCUT2D eigenvalue weighted by Gasteiger charge is -2.34. The van der Waals surface area contributed by atoms with Gasteiger partial charge in [0.15, 0.2) is 0 Å². The molecule has 2 rings (SSSR count). The van der Waals surface area contributed by atoms with E-state index in [4.69, 9.17) is 0 Å². The van der Waals surface area contributed by atoms with Gasteiger partial charge in [-0.15, -0.1) is 0 Å². The fourth-order valence-corrected chi connectivity index (χ4v) is 3.72. The molecule has 3 atom stereocenters. The third kappa shape index (κ3) is 1.71. The molecule has 1 heterocycles. The van der Waals surface area contributed by atoms with Crippen LogP contribution in [0.5, 0.6) is 0 Å². The van der Waals surface area contributed by atoms with Gasteiger partial charge in [0.05, 0.1) is 0 Å². The molecule has 1 saturated carbocycles. The second-order valence-corrected chi connectivity index (χ2v) is 5.49. The van der Waals surface area contributed by atoms with Crippen LogP contribution in [0.1, 0.15) is 52.9 Å². The number of likely N-dealkylation sites (tertiary alicyclic amines) is 1. The Balaban J connectivity index is 2.08. The van der Waals surface area contributed by atoms with Crippen LogP contribution in [0.15, 0.2) is 0 Å². The highest BCUT2D eigenvalue weighted by atomic mass is 15.2. The predicted molar refractivity (Wildman–Crippen MR) is 61.4 cm³/mol. The summed E-state index contributed by atoms with van der Waals surface area (Å²) in [5.41, 5.74) is 0. The van der Waals surface area contributed by atoms with Crippen molar-refractivity contribution in [2.45, 2.75) is 65.0 Å². The quantitative estimate of drug-likeness (QED) is 0.653. The average molecular weight is 195 g/mol. The van der Waals surface area contributed by atoms with Crippen molar-refractivity contribution < 1.29 is 0 Å². The largest absolute Gasteiger partial charge is 0.297 e. The molecule has 1 aliphatic carbocycles. The van der Waals surface area contributed by atoms with E-state index in [1.807, 2.05) is 0 Å². The molecule has 0 aromatic rings. The first-order chi connectivity index (χ1) is 6.74.